The van der Waals surface area contributed by atoms with Gasteiger partial charge in [0.15, 0.2) is 5.13 Å². The molecule has 1 aromatic carbocycles. The highest BCUT2D eigenvalue weighted by atomic mass is 32.1. The number of likely N-dealkylation sites (tertiary alicyclic amines) is 1. The van der Waals surface area contributed by atoms with E-state index in [1.807, 2.05) is 24.4 Å². The molecule has 2 amide bonds. The van der Waals surface area contributed by atoms with E-state index >= 15 is 0 Å². The van der Waals surface area contributed by atoms with E-state index in [0.29, 0.717) is 11.7 Å². The number of carbonyl (C=O) groups is 1. The molecule has 1 saturated heterocycles. The number of hydrogen-bond donors (Lipinski definition) is 2. The first-order valence-corrected chi connectivity index (χ1v) is 8.71. The number of carbonyl (C=O) groups excluding carboxylic acids is 1. The number of hydrogen-bond acceptors (Lipinski definition) is 4. The predicted molar refractivity (Wildman–Crippen MR) is 91.8 cm³/mol. The molecule has 1 atom stereocenters. The summed E-state index contributed by atoms with van der Waals surface area (Å²) in [6.45, 7) is 1.50. The van der Waals surface area contributed by atoms with Crippen LogP contribution in [0, 0.1) is 5.92 Å². The number of urea groups is 1. The van der Waals surface area contributed by atoms with Gasteiger partial charge in [-0.2, -0.15) is 0 Å². The average Bonchev–Trinajstić information content (AvgIpc) is 3.02. The topological polar surface area (TPSA) is 65.5 Å². The zero-order chi connectivity index (χ0) is 16.1. The molecule has 5 nitrogen and oxygen atoms in total. The Bertz CT molecular complexity index is 644. The molecule has 0 aliphatic carbocycles. The number of anilines is 1. The van der Waals surface area contributed by atoms with Crippen LogP contribution in [0.5, 0.6) is 0 Å². The van der Waals surface area contributed by atoms with Gasteiger partial charge in [0.25, 0.3) is 0 Å². The van der Waals surface area contributed by atoms with Crippen molar-refractivity contribution in [1.82, 2.24) is 9.88 Å². The molecule has 2 N–H and O–H groups in total. The van der Waals surface area contributed by atoms with Gasteiger partial charge in [0.1, 0.15) is 0 Å². The molecule has 2 aromatic rings. The van der Waals surface area contributed by atoms with Gasteiger partial charge in [0.05, 0.1) is 0 Å². The van der Waals surface area contributed by atoms with Crippen LogP contribution in [0.15, 0.2) is 36.5 Å². The maximum atomic E-state index is 12.3. The molecule has 1 aliphatic rings. The largest absolute Gasteiger partial charge is 0.396 e. The highest BCUT2D eigenvalue weighted by Gasteiger charge is 2.23. The monoisotopic (exact) mass is 331 g/mol. The highest BCUT2D eigenvalue weighted by molar-refractivity contribution is 7.15. The fourth-order valence-corrected chi connectivity index (χ4v) is 3.65. The van der Waals surface area contributed by atoms with E-state index < -0.39 is 0 Å². The number of benzene rings is 1. The maximum absolute atomic E-state index is 12.3. The van der Waals surface area contributed by atoms with Gasteiger partial charge >= 0.3 is 6.03 Å². The third-order valence-corrected chi connectivity index (χ3v) is 4.97. The summed E-state index contributed by atoms with van der Waals surface area (Å²) >= 11 is 1.51. The summed E-state index contributed by atoms with van der Waals surface area (Å²) in [6.07, 6.45) is 4.57. The molecule has 1 aromatic heterocycles. The molecule has 2 heterocycles. The van der Waals surface area contributed by atoms with Gasteiger partial charge in [-0.15, -0.1) is 11.3 Å². The van der Waals surface area contributed by atoms with Crippen molar-refractivity contribution in [3.8, 4) is 0 Å². The standard InChI is InChI=1S/C17H21N3O2S/c21-12-14-7-4-8-20(11-14)17(22)19-16-18-10-15(23-16)9-13-5-2-1-3-6-13/h1-3,5-6,10,14,21H,4,7-9,11-12H2,(H,18,19,22). The van der Waals surface area contributed by atoms with Crippen molar-refractivity contribution in [2.75, 3.05) is 25.0 Å². The van der Waals surface area contributed by atoms with Gasteiger partial charge in [-0.3, -0.25) is 5.32 Å². The Morgan fingerprint density at radius 1 is 1.39 bits per heavy atom. The number of nitrogens with zero attached hydrogens (tertiary/aromatic N) is 2. The van der Waals surface area contributed by atoms with Crippen LogP contribution in [0.2, 0.25) is 0 Å². The minimum atomic E-state index is -0.122. The van der Waals surface area contributed by atoms with E-state index in [2.05, 4.69) is 22.4 Å². The third-order valence-electron chi connectivity index (χ3n) is 4.05. The number of amides is 2. The second-order valence-electron chi connectivity index (χ2n) is 5.86. The van der Waals surface area contributed by atoms with Crippen LogP contribution >= 0.6 is 11.3 Å². The number of piperidine rings is 1. The molecule has 6 heteroatoms. The van der Waals surface area contributed by atoms with Crippen molar-refractivity contribution in [2.45, 2.75) is 19.3 Å². The molecule has 1 aliphatic heterocycles. The van der Waals surface area contributed by atoms with Gasteiger partial charge in [0.2, 0.25) is 0 Å². The van der Waals surface area contributed by atoms with Gasteiger partial charge in [-0.1, -0.05) is 30.3 Å². The molecule has 0 spiro atoms. The number of aliphatic hydroxyl groups is 1. The van der Waals surface area contributed by atoms with Crippen molar-refractivity contribution < 1.29 is 9.90 Å². The first-order valence-electron chi connectivity index (χ1n) is 7.90. The van der Waals surface area contributed by atoms with Crippen LogP contribution in [0.4, 0.5) is 9.93 Å². The van der Waals surface area contributed by atoms with Crippen LogP contribution in [-0.4, -0.2) is 40.7 Å². The van der Waals surface area contributed by atoms with E-state index in [1.165, 1.54) is 16.9 Å². The smallest absolute Gasteiger partial charge is 0.323 e. The molecule has 1 unspecified atom stereocenters. The summed E-state index contributed by atoms with van der Waals surface area (Å²) in [4.78, 5) is 19.5. The van der Waals surface area contributed by atoms with Crippen molar-refractivity contribution in [3.63, 3.8) is 0 Å². The number of rotatable bonds is 4. The molecule has 23 heavy (non-hydrogen) atoms. The second kappa shape index (κ2) is 7.57. The SMILES string of the molecule is O=C(Nc1ncc(Cc2ccccc2)s1)N1CCCC(CO)C1. The summed E-state index contributed by atoms with van der Waals surface area (Å²) in [7, 11) is 0. The van der Waals surface area contributed by atoms with E-state index in [0.717, 1.165) is 30.7 Å². The summed E-state index contributed by atoms with van der Waals surface area (Å²) in [5.41, 5.74) is 1.23. The van der Waals surface area contributed by atoms with Gasteiger partial charge in [-0.25, -0.2) is 9.78 Å². The zero-order valence-electron chi connectivity index (χ0n) is 12.9. The predicted octanol–water partition coefficient (Wildman–Crippen LogP) is 2.97. The number of nitrogens with one attached hydrogen (secondary N) is 1. The molecule has 122 valence electrons. The lowest BCUT2D eigenvalue weighted by atomic mass is 9.99. The Kier molecular flexibility index (Phi) is 5.25. The van der Waals surface area contributed by atoms with E-state index in [-0.39, 0.29) is 18.6 Å². The molecular weight excluding hydrogens is 310 g/mol. The van der Waals surface area contributed by atoms with E-state index in [4.69, 9.17) is 0 Å². The van der Waals surface area contributed by atoms with Crippen LogP contribution in [0.25, 0.3) is 0 Å². The highest BCUT2D eigenvalue weighted by Crippen LogP contribution is 2.22. The van der Waals surface area contributed by atoms with Crippen LogP contribution < -0.4 is 5.32 Å². The second-order valence-corrected chi connectivity index (χ2v) is 6.98. The summed E-state index contributed by atoms with van der Waals surface area (Å²) in [6, 6.07) is 10.1. The summed E-state index contributed by atoms with van der Waals surface area (Å²) < 4.78 is 0. The maximum Gasteiger partial charge on any atom is 0.323 e. The lowest BCUT2D eigenvalue weighted by Gasteiger charge is -2.31. The van der Waals surface area contributed by atoms with Crippen molar-refractivity contribution in [2.24, 2.45) is 5.92 Å². The van der Waals surface area contributed by atoms with Gasteiger partial charge in [-0.05, 0) is 24.3 Å². The van der Waals surface area contributed by atoms with E-state index in [1.54, 1.807) is 4.90 Å². The van der Waals surface area contributed by atoms with E-state index in [9.17, 15) is 9.90 Å². The fraction of sp³-hybridized carbons (Fsp3) is 0.412. The van der Waals surface area contributed by atoms with Crippen molar-refractivity contribution in [1.29, 1.82) is 0 Å². The Morgan fingerprint density at radius 3 is 3.00 bits per heavy atom. The fourth-order valence-electron chi connectivity index (χ4n) is 2.81. The minimum absolute atomic E-state index is 0.122. The van der Waals surface area contributed by atoms with Crippen LogP contribution in [0.3, 0.4) is 0 Å². The molecular formula is C17H21N3O2S. The number of aromatic nitrogens is 1. The Morgan fingerprint density at radius 2 is 2.22 bits per heavy atom. The van der Waals surface area contributed by atoms with Gasteiger partial charge < -0.3 is 10.0 Å². The Hall–Kier alpha value is -1.92. The first-order chi connectivity index (χ1) is 11.2. The Balaban J connectivity index is 1.57. The molecule has 0 bridgehead atoms. The molecule has 1 fully saturated rings. The summed E-state index contributed by atoms with van der Waals surface area (Å²) in [5.74, 6) is 0.194. The van der Waals surface area contributed by atoms with Crippen molar-refractivity contribution in [3.05, 3.63) is 47.0 Å². The average molecular weight is 331 g/mol. The summed E-state index contributed by atoms with van der Waals surface area (Å²) in [5, 5.41) is 12.8. The van der Waals surface area contributed by atoms with Crippen LogP contribution in [-0.2, 0) is 6.42 Å². The molecule has 3 rings (SSSR count). The van der Waals surface area contributed by atoms with Crippen LogP contribution in [0.1, 0.15) is 23.3 Å². The lowest BCUT2D eigenvalue weighted by molar-refractivity contribution is 0.136. The number of aliphatic hydroxyl groups excluding tert-OH is 1. The lowest BCUT2D eigenvalue weighted by Crippen LogP contribution is -2.43. The normalized spacial score (nSPS) is 18.0. The quantitative estimate of drug-likeness (QED) is 0.905. The van der Waals surface area contributed by atoms with Gasteiger partial charge in [0, 0.05) is 37.2 Å². The third kappa shape index (κ3) is 4.30. The van der Waals surface area contributed by atoms with Crippen molar-refractivity contribution >= 4 is 22.5 Å². The first kappa shape index (κ1) is 16.0. The number of thiazole rings is 1. The molecule has 0 saturated carbocycles. The Labute approximate surface area is 140 Å². The minimum Gasteiger partial charge on any atom is -0.396 e. The molecule has 0 radical (unpaired) electrons. The zero-order valence-corrected chi connectivity index (χ0v) is 13.8.